The Labute approximate surface area is 138 Å². The van der Waals surface area contributed by atoms with Crippen molar-refractivity contribution in [3.63, 3.8) is 0 Å². The van der Waals surface area contributed by atoms with Gasteiger partial charge in [0.2, 0.25) is 5.91 Å². The van der Waals surface area contributed by atoms with Crippen molar-refractivity contribution < 1.29 is 14.6 Å². The molecule has 5 heteroatoms. The van der Waals surface area contributed by atoms with E-state index in [1.165, 1.54) is 5.56 Å². The molecule has 0 saturated carbocycles. The van der Waals surface area contributed by atoms with Crippen LogP contribution < -0.4 is 5.32 Å². The normalized spacial score (nSPS) is 18.4. The standard InChI is InChI=1S/C18H28N2O3/c1-14-3-5-16(6-4-14)11-15(2)18(22)19-12-17(21)13-20-7-9-23-10-8-20/h3-6,15,17,21H,7-13H2,1-2H3,(H,19,22). The fraction of sp³-hybridized carbons (Fsp3) is 0.611. The lowest BCUT2D eigenvalue weighted by Gasteiger charge is -2.28. The van der Waals surface area contributed by atoms with Crippen LogP contribution in [0.3, 0.4) is 0 Å². The highest BCUT2D eigenvalue weighted by molar-refractivity contribution is 5.78. The van der Waals surface area contributed by atoms with E-state index in [1.807, 2.05) is 6.92 Å². The monoisotopic (exact) mass is 320 g/mol. The van der Waals surface area contributed by atoms with Crippen LogP contribution >= 0.6 is 0 Å². The second kappa shape index (κ2) is 9.01. The maximum Gasteiger partial charge on any atom is 0.223 e. The summed E-state index contributed by atoms with van der Waals surface area (Å²) < 4.78 is 5.28. The van der Waals surface area contributed by atoms with Gasteiger partial charge in [-0.1, -0.05) is 36.8 Å². The predicted molar refractivity (Wildman–Crippen MR) is 90.3 cm³/mol. The van der Waals surface area contributed by atoms with Crippen LogP contribution in [0.4, 0.5) is 0 Å². The summed E-state index contributed by atoms with van der Waals surface area (Å²) in [6, 6.07) is 8.25. The number of amides is 1. The molecule has 1 heterocycles. The molecule has 1 aromatic rings. The minimum absolute atomic E-state index is 0.00778. The summed E-state index contributed by atoms with van der Waals surface area (Å²) in [4.78, 5) is 14.3. The van der Waals surface area contributed by atoms with Gasteiger partial charge in [0.05, 0.1) is 19.3 Å². The SMILES string of the molecule is Cc1ccc(CC(C)C(=O)NCC(O)CN2CCOCC2)cc1. The molecule has 1 aliphatic rings. The van der Waals surface area contributed by atoms with Crippen LogP contribution in [-0.2, 0) is 16.0 Å². The Morgan fingerprint density at radius 1 is 1.30 bits per heavy atom. The van der Waals surface area contributed by atoms with Crippen LogP contribution in [0.15, 0.2) is 24.3 Å². The van der Waals surface area contributed by atoms with E-state index < -0.39 is 6.10 Å². The molecule has 1 aromatic carbocycles. The van der Waals surface area contributed by atoms with E-state index in [2.05, 4.69) is 41.4 Å². The number of nitrogens with one attached hydrogen (secondary N) is 1. The number of morpholine rings is 1. The first-order valence-electron chi connectivity index (χ1n) is 8.36. The van der Waals surface area contributed by atoms with Crippen molar-refractivity contribution in [1.82, 2.24) is 10.2 Å². The lowest BCUT2D eigenvalue weighted by atomic mass is 9.99. The summed E-state index contributed by atoms with van der Waals surface area (Å²) in [7, 11) is 0. The number of aliphatic hydroxyl groups excluding tert-OH is 1. The number of nitrogens with zero attached hydrogens (tertiary/aromatic N) is 1. The van der Waals surface area contributed by atoms with Gasteiger partial charge in [0.25, 0.3) is 0 Å². The van der Waals surface area contributed by atoms with Gasteiger partial charge in [-0.25, -0.2) is 0 Å². The molecule has 0 radical (unpaired) electrons. The summed E-state index contributed by atoms with van der Waals surface area (Å²) in [6.45, 7) is 7.96. The molecule has 5 nitrogen and oxygen atoms in total. The lowest BCUT2D eigenvalue weighted by molar-refractivity contribution is -0.125. The molecular formula is C18H28N2O3. The zero-order valence-corrected chi connectivity index (χ0v) is 14.1. The number of carbonyl (C=O) groups is 1. The van der Waals surface area contributed by atoms with Crippen LogP contribution in [0, 0.1) is 12.8 Å². The fourth-order valence-electron chi connectivity index (χ4n) is 2.71. The van der Waals surface area contributed by atoms with E-state index in [0.29, 0.717) is 32.7 Å². The first-order valence-corrected chi connectivity index (χ1v) is 8.36. The third kappa shape index (κ3) is 6.29. The van der Waals surface area contributed by atoms with Crippen molar-refractivity contribution in [2.24, 2.45) is 5.92 Å². The summed E-state index contributed by atoms with van der Waals surface area (Å²) >= 11 is 0. The fourth-order valence-corrected chi connectivity index (χ4v) is 2.71. The van der Waals surface area contributed by atoms with Gasteiger partial charge in [-0.15, -0.1) is 0 Å². The molecule has 1 fully saturated rings. The van der Waals surface area contributed by atoms with Crippen LogP contribution in [-0.4, -0.2) is 61.4 Å². The van der Waals surface area contributed by atoms with Crippen molar-refractivity contribution in [1.29, 1.82) is 0 Å². The lowest BCUT2D eigenvalue weighted by Crippen LogP contribution is -2.45. The number of carbonyl (C=O) groups excluding carboxylic acids is 1. The number of hydrogen-bond donors (Lipinski definition) is 2. The molecule has 1 amide bonds. The highest BCUT2D eigenvalue weighted by Gasteiger charge is 2.17. The largest absolute Gasteiger partial charge is 0.390 e. The molecule has 128 valence electrons. The van der Waals surface area contributed by atoms with E-state index in [0.717, 1.165) is 18.7 Å². The predicted octanol–water partition coefficient (Wildman–Crippen LogP) is 0.983. The summed E-state index contributed by atoms with van der Waals surface area (Å²) in [5.41, 5.74) is 2.38. The molecule has 2 unspecified atom stereocenters. The number of aryl methyl sites for hydroxylation is 1. The zero-order valence-electron chi connectivity index (χ0n) is 14.1. The Bertz CT molecular complexity index is 484. The minimum Gasteiger partial charge on any atom is -0.390 e. The number of β-amino-alcohol motifs (C(OH)–C–C–N with tert-alkyl or cyclic N) is 1. The third-order valence-electron chi connectivity index (χ3n) is 4.19. The van der Waals surface area contributed by atoms with Crippen LogP contribution in [0.5, 0.6) is 0 Å². The van der Waals surface area contributed by atoms with Crippen molar-refractivity contribution in [2.75, 3.05) is 39.4 Å². The molecule has 2 atom stereocenters. The third-order valence-corrected chi connectivity index (χ3v) is 4.19. The van der Waals surface area contributed by atoms with Crippen molar-refractivity contribution >= 4 is 5.91 Å². The number of benzene rings is 1. The average molecular weight is 320 g/mol. The first-order chi connectivity index (χ1) is 11.0. The Morgan fingerprint density at radius 2 is 1.96 bits per heavy atom. The molecule has 1 saturated heterocycles. The van der Waals surface area contributed by atoms with E-state index in [1.54, 1.807) is 0 Å². The van der Waals surface area contributed by atoms with Gasteiger partial charge in [-0.05, 0) is 18.9 Å². The summed E-state index contributed by atoms with van der Waals surface area (Å²) in [5.74, 6) is -0.111. The molecule has 0 spiro atoms. The Morgan fingerprint density at radius 3 is 2.61 bits per heavy atom. The molecule has 0 bridgehead atoms. The minimum atomic E-state index is -0.538. The van der Waals surface area contributed by atoms with Crippen molar-refractivity contribution in [3.8, 4) is 0 Å². The van der Waals surface area contributed by atoms with E-state index in [9.17, 15) is 9.90 Å². The number of aliphatic hydroxyl groups is 1. The first kappa shape index (κ1) is 17.9. The van der Waals surface area contributed by atoms with E-state index in [-0.39, 0.29) is 11.8 Å². The van der Waals surface area contributed by atoms with Crippen LogP contribution in [0.1, 0.15) is 18.1 Å². The van der Waals surface area contributed by atoms with Gasteiger partial charge in [-0.2, -0.15) is 0 Å². The van der Waals surface area contributed by atoms with Crippen molar-refractivity contribution in [3.05, 3.63) is 35.4 Å². The second-order valence-electron chi connectivity index (χ2n) is 6.40. The van der Waals surface area contributed by atoms with Gasteiger partial charge >= 0.3 is 0 Å². The molecular weight excluding hydrogens is 292 g/mol. The summed E-state index contributed by atoms with van der Waals surface area (Å²) in [6.07, 6.45) is 0.176. The van der Waals surface area contributed by atoms with Crippen LogP contribution in [0.25, 0.3) is 0 Å². The van der Waals surface area contributed by atoms with Gasteiger partial charge < -0.3 is 15.2 Å². The molecule has 23 heavy (non-hydrogen) atoms. The average Bonchev–Trinajstić information content (AvgIpc) is 2.55. The Hall–Kier alpha value is -1.43. The molecule has 0 aliphatic carbocycles. The molecule has 0 aromatic heterocycles. The highest BCUT2D eigenvalue weighted by Crippen LogP contribution is 2.10. The topological polar surface area (TPSA) is 61.8 Å². The maximum atomic E-state index is 12.2. The quantitative estimate of drug-likeness (QED) is 0.786. The number of ether oxygens (including phenoxy) is 1. The zero-order chi connectivity index (χ0) is 16.7. The highest BCUT2D eigenvalue weighted by atomic mass is 16.5. The molecule has 2 rings (SSSR count). The number of hydrogen-bond acceptors (Lipinski definition) is 4. The molecule has 1 aliphatic heterocycles. The smallest absolute Gasteiger partial charge is 0.223 e. The van der Waals surface area contributed by atoms with Gasteiger partial charge in [0, 0.05) is 32.1 Å². The molecule has 2 N–H and O–H groups in total. The van der Waals surface area contributed by atoms with Gasteiger partial charge in [0.15, 0.2) is 0 Å². The van der Waals surface area contributed by atoms with Crippen molar-refractivity contribution in [2.45, 2.75) is 26.4 Å². The van der Waals surface area contributed by atoms with E-state index in [4.69, 9.17) is 4.74 Å². The van der Waals surface area contributed by atoms with Crippen LogP contribution in [0.2, 0.25) is 0 Å². The summed E-state index contributed by atoms with van der Waals surface area (Å²) in [5, 5.41) is 12.9. The van der Waals surface area contributed by atoms with E-state index >= 15 is 0 Å². The number of rotatable bonds is 7. The second-order valence-corrected chi connectivity index (χ2v) is 6.40. The van der Waals surface area contributed by atoms with Gasteiger partial charge in [0.1, 0.15) is 0 Å². The Kier molecular flexibility index (Phi) is 7.02. The Balaban J connectivity index is 1.69. The maximum absolute atomic E-state index is 12.2. The van der Waals surface area contributed by atoms with Gasteiger partial charge in [-0.3, -0.25) is 9.69 Å².